The number of aliphatic hydroxyl groups excluding tert-OH is 1. The lowest BCUT2D eigenvalue weighted by atomic mass is 10.0. The van der Waals surface area contributed by atoms with Crippen LogP contribution in [0.1, 0.15) is 40.0 Å². The molecule has 0 aromatic carbocycles. The van der Waals surface area contributed by atoms with Crippen LogP contribution in [-0.2, 0) is 9.63 Å². The Labute approximate surface area is 84.8 Å². The molecule has 82 valence electrons. The Balaban J connectivity index is 2.45. The zero-order valence-corrected chi connectivity index (χ0v) is 9.12. The van der Waals surface area contributed by atoms with Gasteiger partial charge in [0.25, 0.3) is 0 Å². The van der Waals surface area contributed by atoms with E-state index in [1.807, 2.05) is 13.8 Å². The first-order valence-corrected chi connectivity index (χ1v) is 5.14. The van der Waals surface area contributed by atoms with Crippen LogP contribution in [-0.4, -0.2) is 34.3 Å². The maximum absolute atomic E-state index is 11.5. The number of hydrogen-bond acceptors (Lipinski definition) is 3. The molecule has 1 rings (SSSR count). The summed E-state index contributed by atoms with van der Waals surface area (Å²) in [5.41, 5.74) is -0.338. The van der Waals surface area contributed by atoms with Crippen molar-refractivity contribution >= 4 is 5.91 Å². The van der Waals surface area contributed by atoms with Gasteiger partial charge in [0.1, 0.15) is 5.60 Å². The fraction of sp³-hybridized carbons (Fsp3) is 0.900. The molecular weight excluding hydrogens is 182 g/mol. The Hall–Kier alpha value is -0.610. The van der Waals surface area contributed by atoms with Gasteiger partial charge in [-0.15, -0.1) is 0 Å². The van der Waals surface area contributed by atoms with E-state index in [9.17, 15) is 4.79 Å². The molecule has 0 aromatic rings. The Kier molecular flexibility index (Phi) is 3.50. The highest BCUT2D eigenvalue weighted by atomic mass is 16.7. The van der Waals surface area contributed by atoms with E-state index in [4.69, 9.17) is 9.94 Å². The summed E-state index contributed by atoms with van der Waals surface area (Å²) in [6, 6.07) is 0. The second kappa shape index (κ2) is 4.28. The van der Waals surface area contributed by atoms with Crippen LogP contribution in [0.5, 0.6) is 0 Å². The minimum atomic E-state index is -0.389. The third kappa shape index (κ3) is 2.69. The van der Waals surface area contributed by atoms with Crippen LogP contribution in [0.15, 0.2) is 0 Å². The summed E-state index contributed by atoms with van der Waals surface area (Å²) < 4.78 is 0. The molecule has 1 aliphatic heterocycles. The van der Waals surface area contributed by atoms with Gasteiger partial charge in [0.05, 0.1) is 19.1 Å². The molecule has 14 heavy (non-hydrogen) atoms. The molecule has 1 N–H and O–H groups in total. The van der Waals surface area contributed by atoms with Gasteiger partial charge in [0.15, 0.2) is 0 Å². The lowest BCUT2D eigenvalue weighted by Gasteiger charge is -2.22. The Morgan fingerprint density at radius 2 is 2.36 bits per heavy atom. The van der Waals surface area contributed by atoms with E-state index in [1.165, 1.54) is 5.06 Å². The number of carbonyl (C=O) groups is 1. The molecule has 2 atom stereocenters. The SMILES string of the molecule is CCC1(C)CC(=O)N(CCC(C)O)O1. The zero-order valence-electron chi connectivity index (χ0n) is 9.12. The highest BCUT2D eigenvalue weighted by molar-refractivity contribution is 5.77. The van der Waals surface area contributed by atoms with Crippen LogP contribution in [0.25, 0.3) is 0 Å². The number of hydrogen-bond donors (Lipinski definition) is 1. The largest absolute Gasteiger partial charge is 0.393 e. The number of carbonyl (C=O) groups excluding carboxylic acids is 1. The first-order chi connectivity index (χ1) is 6.47. The maximum Gasteiger partial charge on any atom is 0.249 e. The van der Waals surface area contributed by atoms with Gasteiger partial charge in [-0.1, -0.05) is 6.92 Å². The van der Waals surface area contributed by atoms with Gasteiger partial charge in [-0.2, -0.15) is 0 Å². The third-order valence-electron chi connectivity index (χ3n) is 2.63. The summed E-state index contributed by atoms with van der Waals surface area (Å²) in [4.78, 5) is 17.0. The monoisotopic (exact) mass is 201 g/mol. The van der Waals surface area contributed by atoms with Gasteiger partial charge in [-0.25, -0.2) is 5.06 Å². The molecule has 1 heterocycles. The molecule has 2 unspecified atom stereocenters. The Morgan fingerprint density at radius 3 is 2.79 bits per heavy atom. The molecule has 0 aromatic heterocycles. The van der Waals surface area contributed by atoms with Crippen LogP contribution < -0.4 is 0 Å². The molecule has 0 aliphatic carbocycles. The summed E-state index contributed by atoms with van der Waals surface area (Å²) in [6.45, 7) is 6.13. The quantitative estimate of drug-likeness (QED) is 0.740. The van der Waals surface area contributed by atoms with E-state index >= 15 is 0 Å². The average Bonchev–Trinajstić information content (AvgIpc) is 2.39. The Bertz CT molecular complexity index is 217. The van der Waals surface area contributed by atoms with Crippen molar-refractivity contribution in [1.82, 2.24) is 5.06 Å². The predicted molar refractivity (Wildman–Crippen MR) is 52.4 cm³/mol. The number of amides is 1. The molecule has 4 heteroatoms. The standard InChI is InChI=1S/C10H19NO3/c1-4-10(3)7-9(13)11(14-10)6-5-8(2)12/h8,12H,4-7H2,1-3H3. The molecule has 0 saturated carbocycles. The first kappa shape index (κ1) is 11.5. The summed E-state index contributed by atoms with van der Waals surface area (Å²) in [6.07, 6.45) is 1.44. The van der Waals surface area contributed by atoms with Crippen LogP contribution in [0.2, 0.25) is 0 Å². The second-order valence-electron chi connectivity index (χ2n) is 4.21. The van der Waals surface area contributed by atoms with Gasteiger partial charge in [0, 0.05) is 0 Å². The molecule has 1 amide bonds. The zero-order chi connectivity index (χ0) is 10.8. The van der Waals surface area contributed by atoms with E-state index < -0.39 is 0 Å². The maximum atomic E-state index is 11.5. The van der Waals surface area contributed by atoms with E-state index in [0.717, 1.165) is 6.42 Å². The fourth-order valence-corrected chi connectivity index (χ4v) is 1.42. The molecule has 1 saturated heterocycles. The van der Waals surface area contributed by atoms with E-state index in [0.29, 0.717) is 19.4 Å². The van der Waals surface area contributed by atoms with Crippen molar-refractivity contribution in [2.45, 2.75) is 51.7 Å². The molecule has 0 spiro atoms. The molecule has 0 radical (unpaired) electrons. The minimum Gasteiger partial charge on any atom is -0.393 e. The number of rotatable bonds is 4. The average molecular weight is 201 g/mol. The highest BCUT2D eigenvalue weighted by Crippen LogP contribution is 2.29. The van der Waals surface area contributed by atoms with Crippen molar-refractivity contribution < 1.29 is 14.7 Å². The van der Waals surface area contributed by atoms with Gasteiger partial charge >= 0.3 is 0 Å². The van der Waals surface area contributed by atoms with E-state index in [1.54, 1.807) is 6.92 Å². The lowest BCUT2D eigenvalue weighted by Crippen LogP contribution is -2.29. The topological polar surface area (TPSA) is 49.8 Å². The van der Waals surface area contributed by atoms with Crippen molar-refractivity contribution in [3.63, 3.8) is 0 Å². The van der Waals surface area contributed by atoms with Crippen molar-refractivity contribution in [1.29, 1.82) is 0 Å². The van der Waals surface area contributed by atoms with Crippen molar-refractivity contribution in [2.75, 3.05) is 6.54 Å². The van der Waals surface area contributed by atoms with Crippen molar-refractivity contribution in [2.24, 2.45) is 0 Å². The van der Waals surface area contributed by atoms with Crippen molar-refractivity contribution in [3.8, 4) is 0 Å². The Morgan fingerprint density at radius 1 is 1.71 bits per heavy atom. The molecule has 4 nitrogen and oxygen atoms in total. The third-order valence-corrected chi connectivity index (χ3v) is 2.63. The van der Waals surface area contributed by atoms with Gasteiger partial charge in [-0.3, -0.25) is 9.63 Å². The minimum absolute atomic E-state index is 0.0231. The van der Waals surface area contributed by atoms with Crippen LogP contribution in [0, 0.1) is 0 Å². The van der Waals surface area contributed by atoms with Crippen molar-refractivity contribution in [3.05, 3.63) is 0 Å². The normalized spacial score (nSPS) is 29.7. The second-order valence-corrected chi connectivity index (χ2v) is 4.21. The number of aliphatic hydroxyl groups is 1. The van der Waals surface area contributed by atoms with Crippen LogP contribution >= 0.6 is 0 Å². The summed E-state index contributed by atoms with van der Waals surface area (Å²) >= 11 is 0. The van der Waals surface area contributed by atoms with Crippen LogP contribution in [0.4, 0.5) is 0 Å². The van der Waals surface area contributed by atoms with Gasteiger partial charge < -0.3 is 5.11 Å². The van der Waals surface area contributed by atoms with Gasteiger partial charge in [-0.05, 0) is 26.7 Å². The molecule has 1 fully saturated rings. The summed E-state index contributed by atoms with van der Waals surface area (Å²) in [7, 11) is 0. The summed E-state index contributed by atoms with van der Waals surface area (Å²) in [5, 5.41) is 10.5. The van der Waals surface area contributed by atoms with E-state index in [2.05, 4.69) is 0 Å². The summed E-state index contributed by atoms with van der Waals surface area (Å²) in [5.74, 6) is 0.0231. The fourth-order valence-electron chi connectivity index (χ4n) is 1.42. The molecule has 0 bridgehead atoms. The first-order valence-electron chi connectivity index (χ1n) is 5.14. The lowest BCUT2D eigenvalue weighted by molar-refractivity contribution is -0.197. The van der Waals surface area contributed by atoms with Crippen LogP contribution in [0.3, 0.4) is 0 Å². The molecule has 1 aliphatic rings. The smallest absolute Gasteiger partial charge is 0.249 e. The number of nitrogens with zero attached hydrogens (tertiary/aromatic N) is 1. The van der Waals surface area contributed by atoms with Gasteiger partial charge in [0.2, 0.25) is 5.91 Å². The predicted octanol–water partition coefficient (Wildman–Crippen LogP) is 1.09. The number of hydroxylamine groups is 2. The highest BCUT2D eigenvalue weighted by Gasteiger charge is 2.39. The van der Waals surface area contributed by atoms with E-state index in [-0.39, 0.29) is 17.6 Å². The molecular formula is C10H19NO3.